The fourth-order valence-electron chi connectivity index (χ4n) is 2.48. The molecule has 0 unspecified atom stereocenters. The van der Waals surface area contributed by atoms with Gasteiger partial charge in [0.25, 0.3) is 5.91 Å². The standard InChI is InChI=1S/C11H15NO/c1-4-5-10(13)12-6-8-9(7-12)11(8,2)3/h8-9H,6-7H2,1-3H3/t8-,9+. The maximum absolute atomic E-state index is 11.4. The van der Waals surface area contributed by atoms with Crippen molar-refractivity contribution in [3.8, 4) is 11.8 Å². The van der Waals surface area contributed by atoms with Crippen LogP contribution in [0.2, 0.25) is 0 Å². The molecule has 2 atom stereocenters. The van der Waals surface area contributed by atoms with E-state index in [1.54, 1.807) is 6.92 Å². The van der Waals surface area contributed by atoms with Crippen LogP contribution in [0.4, 0.5) is 0 Å². The van der Waals surface area contributed by atoms with Gasteiger partial charge in [-0.3, -0.25) is 4.79 Å². The molecule has 0 radical (unpaired) electrons. The summed E-state index contributed by atoms with van der Waals surface area (Å²) >= 11 is 0. The fraction of sp³-hybridized carbons (Fsp3) is 0.727. The minimum atomic E-state index is 0.00509. The van der Waals surface area contributed by atoms with Crippen molar-refractivity contribution in [2.75, 3.05) is 13.1 Å². The molecule has 13 heavy (non-hydrogen) atoms. The van der Waals surface area contributed by atoms with Crippen LogP contribution in [0.1, 0.15) is 20.8 Å². The average Bonchev–Trinajstić information content (AvgIpc) is 2.53. The summed E-state index contributed by atoms with van der Waals surface area (Å²) in [6, 6.07) is 0. The third-order valence-electron chi connectivity index (χ3n) is 3.64. The summed E-state index contributed by atoms with van der Waals surface area (Å²) in [7, 11) is 0. The molecule has 1 aliphatic carbocycles. The molecule has 70 valence electrons. The lowest BCUT2D eigenvalue weighted by Gasteiger charge is -2.19. The zero-order valence-electron chi connectivity index (χ0n) is 8.42. The Balaban J connectivity index is 1.96. The molecule has 0 aromatic heterocycles. The molecule has 1 saturated carbocycles. The van der Waals surface area contributed by atoms with Gasteiger partial charge >= 0.3 is 0 Å². The lowest BCUT2D eigenvalue weighted by Crippen LogP contribution is -2.31. The van der Waals surface area contributed by atoms with Gasteiger partial charge in [-0.1, -0.05) is 19.8 Å². The van der Waals surface area contributed by atoms with Gasteiger partial charge < -0.3 is 4.90 Å². The number of carbonyl (C=O) groups excluding carboxylic acids is 1. The highest BCUT2D eigenvalue weighted by molar-refractivity contribution is 5.93. The van der Waals surface area contributed by atoms with Gasteiger partial charge in [-0.15, -0.1) is 0 Å². The van der Waals surface area contributed by atoms with Crippen LogP contribution in [0.5, 0.6) is 0 Å². The first kappa shape index (κ1) is 8.62. The summed E-state index contributed by atoms with van der Waals surface area (Å²) in [4.78, 5) is 13.3. The predicted octanol–water partition coefficient (Wildman–Crippen LogP) is 1.12. The zero-order valence-corrected chi connectivity index (χ0v) is 8.42. The molecule has 2 heteroatoms. The van der Waals surface area contributed by atoms with Gasteiger partial charge in [0.2, 0.25) is 0 Å². The van der Waals surface area contributed by atoms with Crippen molar-refractivity contribution in [3.63, 3.8) is 0 Å². The quantitative estimate of drug-likeness (QED) is 0.508. The molecule has 2 nitrogen and oxygen atoms in total. The van der Waals surface area contributed by atoms with Crippen molar-refractivity contribution in [2.24, 2.45) is 17.3 Å². The summed E-state index contributed by atoms with van der Waals surface area (Å²) in [5, 5.41) is 0. The molecule has 2 aliphatic rings. The Morgan fingerprint density at radius 1 is 1.38 bits per heavy atom. The zero-order chi connectivity index (χ0) is 9.64. The van der Waals surface area contributed by atoms with Crippen molar-refractivity contribution in [2.45, 2.75) is 20.8 Å². The summed E-state index contributed by atoms with van der Waals surface area (Å²) in [5.41, 5.74) is 0.483. The largest absolute Gasteiger partial charge is 0.331 e. The van der Waals surface area contributed by atoms with Crippen molar-refractivity contribution >= 4 is 5.91 Å². The molecule has 1 aliphatic heterocycles. The van der Waals surface area contributed by atoms with Gasteiger partial charge in [-0.2, -0.15) is 0 Å². The van der Waals surface area contributed by atoms with Crippen LogP contribution in [-0.2, 0) is 4.79 Å². The average molecular weight is 177 g/mol. The van der Waals surface area contributed by atoms with E-state index in [0.29, 0.717) is 5.41 Å². The SMILES string of the molecule is CC#CC(=O)N1C[C@@H]2[C@H](C1)C2(C)C. The molecule has 1 amide bonds. The van der Waals surface area contributed by atoms with Gasteiger partial charge in [0, 0.05) is 13.1 Å². The van der Waals surface area contributed by atoms with Crippen LogP contribution in [0.3, 0.4) is 0 Å². The van der Waals surface area contributed by atoms with E-state index in [1.807, 2.05) is 4.90 Å². The lowest BCUT2D eigenvalue weighted by molar-refractivity contribution is -0.124. The van der Waals surface area contributed by atoms with Gasteiger partial charge in [-0.05, 0) is 30.1 Å². The predicted molar refractivity (Wildman–Crippen MR) is 50.8 cm³/mol. The van der Waals surface area contributed by atoms with Crippen molar-refractivity contribution < 1.29 is 4.79 Å². The molecule has 0 aromatic carbocycles. The summed E-state index contributed by atoms with van der Waals surface area (Å²) < 4.78 is 0. The Bertz CT molecular complexity index is 294. The van der Waals surface area contributed by atoms with Crippen molar-refractivity contribution in [1.82, 2.24) is 4.90 Å². The van der Waals surface area contributed by atoms with Gasteiger partial charge in [0.1, 0.15) is 0 Å². The van der Waals surface area contributed by atoms with Crippen LogP contribution in [0.15, 0.2) is 0 Å². The van der Waals surface area contributed by atoms with E-state index < -0.39 is 0 Å². The molecule has 0 aromatic rings. The molecule has 2 fully saturated rings. The van der Waals surface area contributed by atoms with E-state index in [4.69, 9.17) is 0 Å². The van der Waals surface area contributed by atoms with Gasteiger partial charge in [0.15, 0.2) is 0 Å². The van der Waals surface area contributed by atoms with Crippen LogP contribution >= 0.6 is 0 Å². The maximum atomic E-state index is 11.4. The molecule has 2 rings (SSSR count). The second-order valence-electron chi connectivity index (χ2n) is 4.62. The number of likely N-dealkylation sites (tertiary alicyclic amines) is 1. The molecule has 1 heterocycles. The van der Waals surface area contributed by atoms with E-state index in [1.165, 1.54) is 0 Å². The van der Waals surface area contributed by atoms with Crippen LogP contribution in [0, 0.1) is 29.1 Å². The fourth-order valence-corrected chi connectivity index (χ4v) is 2.48. The first-order chi connectivity index (χ1) is 6.07. The molecular formula is C11H15NO. The first-order valence-electron chi connectivity index (χ1n) is 4.79. The summed E-state index contributed by atoms with van der Waals surface area (Å²) in [5.74, 6) is 6.71. The number of carbonyl (C=O) groups is 1. The Hall–Kier alpha value is -0.970. The first-order valence-corrected chi connectivity index (χ1v) is 4.79. The van der Waals surface area contributed by atoms with Gasteiger partial charge in [0.05, 0.1) is 0 Å². The number of hydrogen-bond acceptors (Lipinski definition) is 1. The minimum absolute atomic E-state index is 0.00509. The van der Waals surface area contributed by atoms with E-state index in [-0.39, 0.29) is 5.91 Å². The van der Waals surface area contributed by atoms with E-state index in [9.17, 15) is 4.79 Å². The summed E-state index contributed by atoms with van der Waals surface area (Å²) in [6.07, 6.45) is 0. The number of rotatable bonds is 0. The number of nitrogens with zero attached hydrogens (tertiary/aromatic N) is 1. The van der Waals surface area contributed by atoms with Crippen LogP contribution in [0.25, 0.3) is 0 Å². The highest BCUT2D eigenvalue weighted by Crippen LogP contribution is 2.61. The monoisotopic (exact) mass is 177 g/mol. The minimum Gasteiger partial charge on any atom is -0.331 e. The van der Waals surface area contributed by atoms with E-state index >= 15 is 0 Å². The summed E-state index contributed by atoms with van der Waals surface area (Å²) in [6.45, 7) is 8.13. The lowest BCUT2D eigenvalue weighted by atomic mass is 10.1. The van der Waals surface area contributed by atoms with E-state index in [2.05, 4.69) is 25.7 Å². The highest BCUT2D eigenvalue weighted by atomic mass is 16.2. The molecule has 0 N–H and O–H groups in total. The Morgan fingerprint density at radius 3 is 2.38 bits per heavy atom. The number of piperidine rings is 1. The number of fused-ring (bicyclic) bond motifs is 1. The number of hydrogen-bond donors (Lipinski definition) is 0. The molecule has 0 bridgehead atoms. The van der Waals surface area contributed by atoms with Crippen LogP contribution in [-0.4, -0.2) is 23.9 Å². The molecular weight excluding hydrogens is 162 g/mol. The second-order valence-corrected chi connectivity index (χ2v) is 4.62. The Morgan fingerprint density at radius 2 is 1.92 bits per heavy atom. The topological polar surface area (TPSA) is 20.3 Å². The maximum Gasteiger partial charge on any atom is 0.298 e. The van der Waals surface area contributed by atoms with Crippen molar-refractivity contribution in [1.29, 1.82) is 0 Å². The van der Waals surface area contributed by atoms with Crippen LogP contribution < -0.4 is 0 Å². The highest BCUT2D eigenvalue weighted by Gasteiger charge is 2.62. The number of amides is 1. The molecule has 0 spiro atoms. The third-order valence-corrected chi connectivity index (χ3v) is 3.64. The Labute approximate surface area is 79.3 Å². The Kier molecular flexibility index (Phi) is 1.66. The van der Waals surface area contributed by atoms with Crippen molar-refractivity contribution in [3.05, 3.63) is 0 Å². The second kappa shape index (κ2) is 2.51. The normalized spacial score (nSPS) is 33.3. The molecule has 1 saturated heterocycles. The smallest absolute Gasteiger partial charge is 0.298 e. The van der Waals surface area contributed by atoms with E-state index in [0.717, 1.165) is 24.9 Å². The van der Waals surface area contributed by atoms with Gasteiger partial charge in [-0.25, -0.2) is 0 Å². The third kappa shape index (κ3) is 1.14.